The summed E-state index contributed by atoms with van der Waals surface area (Å²) in [6, 6.07) is 8.19. The van der Waals surface area contributed by atoms with E-state index < -0.39 is 0 Å². The fraction of sp³-hybridized carbons (Fsp3) is 0.588. The van der Waals surface area contributed by atoms with Crippen LogP contribution in [0.15, 0.2) is 24.3 Å². The van der Waals surface area contributed by atoms with Crippen LogP contribution in [0.3, 0.4) is 0 Å². The molecule has 3 atom stereocenters. The van der Waals surface area contributed by atoms with Crippen molar-refractivity contribution in [1.82, 2.24) is 0 Å². The van der Waals surface area contributed by atoms with Gasteiger partial charge in [0.1, 0.15) is 0 Å². The van der Waals surface area contributed by atoms with E-state index in [9.17, 15) is 4.79 Å². The third-order valence-corrected chi connectivity index (χ3v) is 4.92. The van der Waals surface area contributed by atoms with Gasteiger partial charge >= 0.3 is 0 Å². The highest BCUT2D eigenvalue weighted by atomic mass is 16.1. The third-order valence-electron chi connectivity index (χ3n) is 4.92. The zero-order valence-corrected chi connectivity index (χ0v) is 11.9. The van der Waals surface area contributed by atoms with E-state index in [2.05, 4.69) is 25.2 Å². The van der Waals surface area contributed by atoms with Crippen molar-refractivity contribution in [1.29, 1.82) is 0 Å². The van der Waals surface area contributed by atoms with Crippen molar-refractivity contribution in [3.05, 3.63) is 29.8 Å². The van der Waals surface area contributed by atoms with Gasteiger partial charge in [0, 0.05) is 11.6 Å². The van der Waals surface area contributed by atoms with Gasteiger partial charge in [0.2, 0.25) is 5.91 Å². The first-order chi connectivity index (χ1) is 9.15. The molecule has 2 nitrogen and oxygen atoms in total. The Morgan fingerprint density at radius 2 is 2.00 bits per heavy atom. The molecule has 1 N–H and O–H groups in total. The van der Waals surface area contributed by atoms with Crippen molar-refractivity contribution >= 4 is 11.6 Å². The van der Waals surface area contributed by atoms with Gasteiger partial charge in [-0.15, -0.1) is 0 Å². The van der Waals surface area contributed by atoms with Gasteiger partial charge in [0.15, 0.2) is 0 Å². The van der Waals surface area contributed by atoms with Gasteiger partial charge in [-0.25, -0.2) is 0 Å². The van der Waals surface area contributed by atoms with E-state index in [1.54, 1.807) is 0 Å². The Morgan fingerprint density at radius 3 is 2.63 bits per heavy atom. The number of benzene rings is 1. The molecule has 2 aliphatic carbocycles. The molecule has 0 radical (unpaired) electrons. The van der Waals surface area contributed by atoms with Gasteiger partial charge in [-0.3, -0.25) is 4.79 Å². The van der Waals surface area contributed by atoms with E-state index in [-0.39, 0.29) is 11.8 Å². The summed E-state index contributed by atoms with van der Waals surface area (Å²) in [4.78, 5) is 12.5. The maximum atomic E-state index is 12.5. The second kappa shape index (κ2) is 4.99. The molecule has 2 bridgehead atoms. The number of amides is 1. The van der Waals surface area contributed by atoms with Crippen LogP contribution in [-0.4, -0.2) is 5.91 Å². The molecule has 0 saturated heterocycles. The summed E-state index contributed by atoms with van der Waals surface area (Å²) in [7, 11) is 0. The lowest BCUT2D eigenvalue weighted by Gasteiger charge is -2.22. The highest BCUT2D eigenvalue weighted by molar-refractivity contribution is 5.93. The van der Waals surface area contributed by atoms with Crippen molar-refractivity contribution in [3.8, 4) is 0 Å². The highest BCUT2D eigenvalue weighted by Crippen LogP contribution is 2.48. The van der Waals surface area contributed by atoms with Crippen molar-refractivity contribution in [2.24, 2.45) is 17.8 Å². The predicted molar refractivity (Wildman–Crippen MR) is 78.1 cm³/mol. The zero-order chi connectivity index (χ0) is 13.4. The number of carbonyl (C=O) groups excluding carboxylic acids is 1. The molecule has 1 aromatic carbocycles. The van der Waals surface area contributed by atoms with Crippen molar-refractivity contribution < 1.29 is 4.79 Å². The number of carbonyl (C=O) groups is 1. The summed E-state index contributed by atoms with van der Waals surface area (Å²) in [6.07, 6.45) is 5.00. The molecule has 19 heavy (non-hydrogen) atoms. The third kappa shape index (κ3) is 2.41. The number of para-hydroxylation sites is 1. The molecule has 2 aliphatic rings. The molecule has 1 amide bonds. The molecule has 1 aromatic rings. The van der Waals surface area contributed by atoms with E-state index in [4.69, 9.17) is 0 Å². The smallest absolute Gasteiger partial charge is 0.227 e. The molecule has 3 unspecified atom stereocenters. The fourth-order valence-corrected chi connectivity index (χ4v) is 3.91. The lowest BCUT2D eigenvalue weighted by molar-refractivity contribution is -0.121. The van der Waals surface area contributed by atoms with Crippen LogP contribution >= 0.6 is 0 Å². The molecule has 0 aliphatic heterocycles. The summed E-state index contributed by atoms with van der Waals surface area (Å²) in [5.74, 6) is 2.42. The quantitative estimate of drug-likeness (QED) is 0.864. The molecule has 2 saturated carbocycles. The minimum atomic E-state index is 0.250. The second-order valence-corrected chi connectivity index (χ2v) is 6.51. The number of hydrogen-bond acceptors (Lipinski definition) is 1. The first-order valence-electron chi connectivity index (χ1n) is 7.55. The zero-order valence-electron chi connectivity index (χ0n) is 11.9. The minimum absolute atomic E-state index is 0.250. The number of nitrogens with one attached hydrogen (secondary N) is 1. The highest BCUT2D eigenvalue weighted by Gasteiger charge is 2.43. The minimum Gasteiger partial charge on any atom is -0.326 e. The largest absolute Gasteiger partial charge is 0.326 e. The normalized spacial score (nSPS) is 28.9. The average molecular weight is 257 g/mol. The maximum absolute atomic E-state index is 12.5. The van der Waals surface area contributed by atoms with Crippen molar-refractivity contribution in [2.75, 3.05) is 5.32 Å². The SMILES string of the molecule is CC(C)c1ccccc1NC(=O)C1CC2CCC1C2. The number of hydrogen-bond donors (Lipinski definition) is 1. The molecular formula is C17H23NO. The van der Waals surface area contributed by atoms with E-state index in [1.807, 2.05) is 18.2 Å². The van der Waals surface area contributed by atoms with E-state index in [0.717, 1.165) is 18.0 Å². The lowest BCUT2D eigenvalue weighted by atomic mass is 9.88. The van der Waals surface area contributed by atoms with Crippen LogP contribution in [0.4, 0.5) is 5.69 Å². The molecular weight excluding hydrogens is 234 g/mol. The molecule has 2 fully saturated rings. The Labute approximate surface area is 115 Å². The Morgan fingerprint density at radius 1 is 1.21 bits per heavy atom. The van der Waals surface area contributed by atoms with Gasteiger partial charge in [-0.2, -0.15) is 0 Å². The first-order valence-corrected chi connectivity index (χ1v) is 7.55. The summed E-state index contributed by atoms with van der Waals surface area (Å²) < 4.78 is 0. The Balaban J connectivity index is 1.73. The monoisotopic (exact) mass is 257 g/mol. The molecule has 0 aromatic heterocycles. The average Bonchev–Trinajstić information content (AvgIpc) is 3.01. The molecule has 0 spiro atoms. The van der Waals surface area contributed by atoms with Crippen molar-refractivity contribution in [2.45, 2.75) is 45.4 Å². The first kappa shape index (κ1) is 12.7. The summed E-state index contributed by atoms with van der Waals surface area (Å²) >= 11 is 0. The molecule has 3 rings (SSSR count). The Hall–Kier alpha value is -1.31. The van der Waals surface area contributed by atoms with Crippen LogP contribution in [-0.2, 0) is 4.79 Å². The Kier molecular flexibility index (Phi) is 3.34. The van der Waals surface area contributed by atoms with Crippen LogP contribution in [0.5, 0.6) is 0 Å². The fourth-order valence-electron chi connectivity index (χ4n) is 3.91. The predicted octanol–water partition coefficient (Wildman–Crippen LogP) is 4.18. The molecule has 0 heterocycles. The number of fused-ring (bicyclic) bond motifs is 2. The van der Waals surface area contributed by atoms with Gasteiger partial charge in [0.25, 0.3) is 0 Å². The van der Waals surface area contributed by atoms with Crippen LogP contribution in [0.25, 0.3) is 0 Å². The van der Waals surface area contributed by atoms with E-state index in [0.29, 0.717) is 11.8 Å². The summed E-state index contributed by atoms with van der Waals surface area (Å²) in [5, 5.41) is 3.18. The molecule has 2 heteroatoms. The maximum Gasteiger partial charge on any atom is 0.227 e. The Bertz CT molecular complexity index is 480. The van der Waals surface area contributed by atoms with Gasteiger partial charge < -0.3 is 5.32 Å². The van der Waals surface area contributed by atoms with Gasteiger partial charge in [-0.05, 0) is 48.6 Å². The van der Waals surface area contributed by atoms with Crippen LogP contribution < -0.4 is 5.32 Å². The van der Waals surface area contributed by atoms with Crippen molar-refractivity contribution in [3.63, 3.8) is 0 Å². The van der Waals surface area contributed by atoms with Crippen LogP contribution in [0.2, 0.25) is 0 Å². The summed E-state index contributed by atoms with van der Waals surface area (Å²) in [5.41, 5.74) is 2.24. The van der Waals surface area contributed by atoms with Crippen LogP contribution in [0.1, 0.15) is 51.0 Å². The van der Waals surface area contributed by atoms with E-state index in [1.165, 1.54) is 24.8 Å². The van der Waals surface area contributed by atoms with Gasteiger partial charge in [0.05, 0.1) is 0 Å². The van der Waals surface area contributed by atoms with Crippen LogP contribution in [0, 0.1) is 17.8 Å². The standard InChI is InChI=1S/C17H23NO/c1-11(2)14-5-3-4-6-16(14)18-17(19)15-10-12-7-8-13(15)9-12/h3-6,11-13,15H,7-10H2,1-2H3,(H,18,19). The summed E-state index contributed by atoms with van der Waals surface area (Å²) in [6.45, 7) is 4.34. The molecule has 102 valence electrons. The topological polar surface area (TPSA) is 29.1 Å². The number of rotatable bonds is 3. The number of anilines is 1. The van der Waals surface area contributed by atoms with Gasteiger partial charge in [-0.1, -0.05) is 38.5 Å². The van der Waals surface area contributed by atoms with E-state index >= 15 is 0 Å². The lowest BCUT2D eigenvalue weighted by Crippen LogP contribution is -2.27. The second-order valence-electron chi connectivity index (χ2n) is 6.51.